The quantitative estimate of drug-likeness (QED) is 0.842. The minimum absolute atomic E-state index is 0.492. The van der Waals surface area contributed by atoms with E-state index in [1.165, 1.54) is 0 Å². The first-order chi connectivity index (χ1) is 8.38. The molecule has 5 nitrogen and oxygen atoms in total. The molecule has 0 spiro atoms. The van der Waals surface area contributed by atoms with Crippen molar-refractivity contribution in [2.24, 2.45) is 0 Å². The van der Waals surface area contributed by atoms with Crippen LogP contribution in [0.5, 0.6) is 0 Å². The van der Waals surface area contributed by atoms with Gasteiger partial charge in [-0.3, -0.25) is 0 Å². The molecule has 0 saturated carbocycles. The molecule has 3 heterocycles. The molecule has 2 aromatic heterocycles. The van der Waals surface area contributed by atoms with Gasteiger partial charge in [-0.1, -0.05) is 6.92 Å². The van der Waals surface area contributed by atoms with Crippen LogP contribution in [0, 0.1) is 0 Å². The van der Waals surface area contributed by atoms with E-state index in [1.807, 2.05) is 16.6 Å². The van der Waals surface area contributed by atoms with Crippen molar-refractivity contribution in [3.63, 3.8) is 0 Å². The SMILES string of the molecule is CCc1ccc2nnc(C3CCNCC3)n2n1. The van der Waals surface area contributed by atoms with Crippen molar-refractivity contribution in [2.45, 2.75) is 32.1 Å². The number of hydrogen-bond acceptors (Lipinski definition) is 4. The van der Waals surface area contributed by atoms with Gasteiger partial charge < -0.3 is 5.32 Å². The summed E-state index contributed by atoms with van der Waals surface area (Å²) in [5, 5.41) is 16.5. The Bertz CT molecular complexity index is 513. The number of nitrogens with zero attached hydrogens (tertiary/aromatic N) is 4. The number of hydrogen-bond donors (Lipinski definition) is 1. The number of aryl methyl sites for hydroxylation is 1. The molecule has 5 heteroatoms. The molecular weight excluding hydrogens is 214 g/mol. The van der Waals surface area contributed by atoms with Crippen molar-refractivity contribution in [3.05, 3.63) is 23.7 Å². The smallest absolute Gasteiger partial charge is 0.177 e. The molecule has 1 aliphatic heterocycles. The summed E-state index contributed by atoms with van der Waals surface area (Å²) in [5.74, 6) is 1.52. The first kappa shape index (κ1) is 10.7. The molecule has 3 rings (SSSR count). The Hall–Kier alpha value is -1.49. The maximum atomic E-state index is 4.60. The fourth-order valence-corrected chi connectivity index (χ4v) is 2.37. The highest BCUT2D eigenvalue weighted by molar-refractivity contribution is 5.36. The van der Waals surface area contributed by atoms with Gasteiger partial charge in [-0.2, -0.15) is 9.61 Å². The van der Waals surface area contributed by atoms with Gasteiger partial charge >= 0.3 is 0 Å². The fraction of sp³-hybridized carbons (Fsp3) is 0.583. The second-order valence-corrected chi connectivity index (χ2v) is 4.53. The molecule has 1 N–H and O–H groups in total. The Labute approximate surface area is 100 Å². The molecule has 17 heavy (non-hydrogen) atoms. The molecule has 0 bridgehead atoms. The zero-order valence-corrected chi connectivity index (χ0v) is 10.1. The predicted molar refractivity (Wildman–Crippen MR) is 65.0 cm³/mol. The third kappa shape index (κ3) is 1.91. The van der Waals surface area contributed by atoms with Crippen molar-refractivity contribution >= 4 is 5.65 Å². The molecular formula is C12H17N5. The lowest BCUT2D eigenvalue weighted by molar-refractivity contribution is 0.438. The van der Waals surface area contributed by atoms with Crippen molar-refractivity contribution in [1.29, 1.82) is 0 Å². The van der Waals surface area contributed by atoms with Crippen LogP contribution >= 0.6 is 0 Å². The second-order valence-electron chi connectivity index (χ2n) is 4.53. The van der Waals surface area contributed by atoms with Crippen molar-refractivity contribution in [2.75, 3.05) is 13.1 Å². The molecule has 1 saturated heterocycles. The Kier molecular flexibility index (Phi) is 2.76. The third-order valence-corrected chi connectivity index (χ3v) is 3.41. The third-order valence-electron chi connectivity index (χ3n) is 3.41. The molecule has 0 radical (unpaired) electrons. The van der Waals surface area contributed by atoms with Crippen LogP contribution in [0.4, 0.5) is 0 Å². The van der Waals surface area contributed by atoms with Gasteiger partial charge in [0, 0.05) is 5.92 Å². The molecule has 0 aliphatic carbocycles. The van der Waals surface area contributed by atoms with E-state index in [1.54, 1.807) is 0 Å². The van der Waals surface area contributed by atoms with E-state index in [4.69, 9.17) is 0 Å². The van der Waals surface area contributed by atoms with Crippen LogP contribution in [0.2, 0.25) is 0 Å². The first-order valence-corrected chi connectivity index (χ1v) is 6.30. The van der Waals surface area contributed by atoms with Crippen LogP contribution in [0.15, 0.2) is 12.1 Å². The summed E-state index contributed by atoms with van der Waals surface area (Å²) < 4.78 is 1.93. The van der Waals surface area contributed by atoms with E-state index >= 15 is 0 Å². The van der Waals surface area contributed by atoms with E-state index in [2.05, 4.69) is 27.5 Å². The van der Waals surface area contributed by atoms with E-state index < -0.39 is 0 Å². The number of rotatable bonds is 2. The van der Waals surface area contributed by atoms with E-state index in [9.17, 15) is 0 Å². The van der Waals surface area contributed by atoms with Crippen LogP contribution < -0.4 is 5.32 Å². The van der Waals surface area contributed by atoms with Gasteiger partial charge in [0.25, 0.3) is 0 Å². The fourth-order valence-electron chi connectivity index (χ4n) is 2.37. The summed E-state index contributed by atoms with van der Waals surface area (Å²) >= 11 is 0. The number of piperidine rings is 1. The van der Waals surface area contributed by atoms with Gasteiger partial charge in [-0.05, 0) is 44.5 Å². The van der Waals surface area contributed by atoms with E-state index in [0.717, 1.165) is 49.5 Å². The summed E-state index contributed by atoms with van der Waals surface area (Å²) in [6.45, 7) is 4.24. The van der Waals surface area contributed by atoms with Gasteiger partial charge in [0.1, 0.15) is 0 Å². The largest absolute Gasteiger partial charge is 0.317 e. The topological polar surface area (TPSA) is 55.1 Å². The van der Waals surface area contributed by atoms with Gasteiger partial charge in [0.15, 0.2) is 11.5 Å². The summed E-state index contributed by atoms with van der Waals surface area (Å²) in [4.78, 5) is 0. The Balaban J connectivity index is 2.02. The lowest BCUT2D eigenvalue weighted by Gasteiger charge is -2.20. The summed E-state index contributed by atoms with van der Waals surface area (Å²) in [7, 11) is 0. The zero-order valence-electron chi connectivity index (χ0n) is 10.1. The maximum Gasteiger partial charge on any atom is 0.177 e. The molecule has 1 fully saturated rings. The van der Waals surface area contributed by atoms with Crippen LogP contribution in [-0.4, -0.2) is 32.9 Å². The Morgan fingerprint density at radius 2 is 2.12 bits per heavy atom. The Morgan fingerprint density at radius 3 is 2.88 bits per heavy atom. The summed E-state index contributed by atoms with van der Waals surface area (Å²) in [6, 6.07) is 4.03. The van der Waals surface area contributed by atoms with Crippen LogP contribution in [0.1, 0.15) is 37.2 Å². The second kappa shape index (κ2) is 4.41. The average molecular weight is 231 g/mol. The van der Waals surface area contributed by atoms with E-state index in [0.29, 0.717) is 5.92 Å². The highest BCUT2D eigenvalue weighted by atomic mass is 15.4. The van der Waals surface area contributed by atoms with Gasteiger partial charge in [0.05, 0.1) is 5.69 Å². The standard InChI is InChI=1S/C12H17N5/c1-2-10-3-4-11-14-15-12(17(11)16-10)9-5-7-13-8-6-9/h3-4,9,13H,2,5-8H2,1H3. The van der Waals surface area contributed by atoms with Crippen LogP contribution in [-0.2, 0) is 6.42 Å². The monoisotopic (exact) mass is 231 g/mol. The number of aromatic nitrogens is 4. The molecule has 90 valence electrons. The minimum atomic E-state index is 0.492. The molecule has 0 unspecified atom stereocenters. The lowest BCUT2D eigenvalue weighted by atomic mass is 9.97. The van der Waals surface area contributed by atoms with Crippen LogP contribution in [0.25, 0.3) is 5.65 Å². The molecule has 0 amide bonds. The number of fused-ring (bicyclic) bond motifs is 1. The maximum absolute atomic E-state index is 4.60. The van der Waals surface area contributed by atoms with Gasteiger partial charge in [-0.25, -0.2) is 0 Å². The van der Waals surface area contributed by atoms with E-state index in [-0.39, 0.29) is 0 Å². The zero-order chi connectivity index (χ0) is 11.7. The lowest BCUT2D eigenvalue weighted by Crippen LogP contribution is -2.27. The van der Waals surface area contributed by atoms with Crippen molar-refractivity contribution < 1.29 is 0 Å². The normalized spacial score (nSPS) is 17.7. The Morgan fingerprint density at radius 1 is 1.29 bits per heavy atom. The summed E-state index contributed by atoms with van der Waals surface area (Å²) in [6.07, 6.45) is 3.19. The highest BCUT2D eigenvalue weighted by Crippen LogP contribution is 2.23. The highest BCUT2D eigenvalue weighted by Gasteiger charge is 2.21. The summed E-state index contributed by atoms with van der Waals surface area (Å²) in [5.41, 5.74) is 1.95. The minimum Gasteiger partial charge on any atom is -0.317 e. The van der Waals surface area contributed by atoms with Crippen molar-refractivity contribution in [3.8, 4) is 0 Å². The predicted octanol–water partition coefficient (Wildman–Crippen LogP) is 1.15. The number of nitrogens with one attached hydrogen (secondary N) is 1. The molecule has 1 aliphatic rings. The van der Waals surface area contributed by atoms with Crippen LogP contribution in [0.3, 0.4) is 0 Å². The van der Waals surface area contributed by atoms with Gasteiger partial charge in [0.2, 0.25) is 0 Å². The molecule has 2 aromatic rings. The average Bonchev–Trinajstić information content (AvgIpc) is 2.82. The van der Waals surface area contributed by atoms with Gasteiger partial charge in [-0.15, -0.1) is 10.2 Å². The molecule has 0 atom stereocenters. The molecule has 0 aromatic carbocycles. The van der Waals surface area contributed by atoms with Crippen molar-refractivity contribution in [1.82, 2.24) is 25.1 Å². The first-order valence-electron chi connectivity index (χ1n) is 6.30.